The lowest BCUT2D eigenvalue weighted by Gasteiger charge is -2.17. The van der Waals surface area contributed by atoms with Gasteiger partial charge in [0.05, 0.1) is 7.11 Å². The van der Waals surface area contributed by atoms with E-state index in [2.05, 4.69) is 19.2 Å². The smallest absolute Gasteiger partial charge is 0.255 e. The van der Waals surface area contributed by atoms with Crippen LogP contribution >= 0.6 is 0 Å². The monoisotopic (exact) mass is 311 g/mol. The van der Waals surface area contributed by atoms with Crippen molar-refractivity contribution in [2.24, 2.45) is 0 Å². The first-order valence-electron chi connectivity index (χ1n) is 7.91. The summed E-state index contributed by atoms with van der Waals surface area (Å²) in [5.41, 5.74) is 5.76. The third-order valence-corrected chi connectivity index (χ3v) is 4.30. The third-order valence-electron chi connectivity index (χ3n) is 4.30. The summed E-state index contributed by atoms with van der Waals surface area (Å²) in [5.74, 6) is 1.04. The number of methoxy groups -OCH3 is 1. The van der Waals surface area contributed by atoms with Crippen molar-refractivity contribution in [1.82, 2.24) is 0 Å². The summed E-state index contributed by atoms with van der Waals surface area (Å²) in [5, 5.41) is 3.03. The summed E-state index contributed by atoms with van der Waals surface area (Å²) in [4.78, 5) is 12.7. The Morgan fingerprint density at radius 1 is 1.09 bits per heavy atom. The molecule has 23 heavy (non-hydrogen) atoms. The molecular weight excluding hydrogens is 286 g/mol. The maximum atomic E-state index is 12.7. The zero-order valence-corrected chi connectivity index (χ0v) is 14.8. The number of rotatable bonds is 4. The van der Waals surface area contributed by atoms with E-state index in [4.69, 9.17) is 4.74 Å². The molecular formula is C20H25NO2. The highest BCUT2D eigenvalue weighted by molar-refractivity contribution is 6.06. The van der Waals surface area contributed by atoms with Crippen molar-refractivity contribution in [3.63, 3.8) is 0 Å². The minimum Gasteiger partial charge on any atom is -0.496 e. The van der Waals surface area contributed by atoms with Crippen LogP contribution in [0.4, 0.5) is 5.69 Å². The van der Waals surface area contributed by atoms with E-state index in [-0.39, 0.29) is 11.8 Å². The van der Waals surface area contributed by atoms with Gasteiger partial charge in [-0.1, -0.05) is 26.0 Å². The molecule has 0 aromatic heterocycles. The Bertz CT molecular complexity index is 733. The molecule has 0 atom stereocenters. The van der Waals surface area contributed by atoms with E-state index in [0.29, 0.717) is 5.56 Å². The average Bonchev–Trinajstić information content (AvgIpc) is 2.50. The van der Waals surface area contributed by atoms with E-state index in [1.54, 1.807) is 7.11 Å². The summed E-state index contributed by atoms with van der Waals surface area (Å²) in [6, 6.07) is 9.81. The number of ether oxygens (including phenoxy) is 1. The zero-order valence-electron chi connectivity index (χ0n) is 14.8. The van der Waals surface area contributed by atoms with Crippen LogP contribution in [-0.2, 0) is 0 Å². The fourth-order valence-electron chi connectivity index (χ4n) is 2.65. The van der Waals surface area contributed by atoms with Gasteiger partial charge in [-0.25, -0.2) is 0 Å². The average molecular weight is 311 g/mol. The highest BCUT2D eigenvalue weighted by Gasteiger charge is 2.16. The Morgan fingerprint density at radius 3 is 2.39 bits per heavy atom. The van der Waals surface area contributed by atoms with Gasteiger partial charge in [-0.2, -0.15) is 0 Å². The molecule has 0 spiro atoms. The van der Waals surface area contributed by atoms with Crippen molar-refractivity contribution in [1.29, 1.82) is 0 Å². The van der Waals surface area contributed by atoms with E-state index in [1.165, 1.54) is 0 Å². The second kappa shape index (κ2) is 6.86. The second-order valence-electron chi connectivity index (χ2n) is 6.27. The first-order valence-corrected chi connectivity index (χ1v) is 7.91. The predicted molar refractivity (Wildman–Crippen MR) is 95.7 cm³/mol. The molecule has 0 heterocycles. The molecule has 0 fully saturated rings. The topological polar surface area (TPSA) is 38.3 Å². The lowest BCUT2D eigenvalue weighted by Crippen LogP contribution is -2.15. The Hall–Kier alpha value is -2.29. The van der Waals surface area contributed by atoms with Crippen molar-refractivity contribution >= 4 is 11.6 Å². The first-order chi connectivity index (χ1) is 10.8. The SMILES string of the molecule is COc1cc(C)c(C(=O)Nc2cccc(C)c2C)cc1C(C)C. The van der Waals surface area contributed by atoms with Crippen LogP contribution in [0.2, 0.25) is 0 Å². The molecule has 0 bridgehead atoms. The van der Waals surface area contributed by atoms with E-state index in [0.717, 1.165) is 33.7 Å². The fraction of sp³-hybridized carbons (Fsp3) is 0.350. The quantitative estimate of drug-likeness (QED) is 0.863. The molecule has 2 rings (SSSR count). The summed E-state index contributed by atoms with van der Waals surface area (Å²) < 4.78 is 5.44. The Balaban J connectivity index is 2.39. The summed E-state index contributed by atoms with van der Waals surface area (Å²) >= 11 is 0. The van der Waals surface area contributed by atoms with Crippen LogP contribution in [0.5, 0.6) is 5.75 Å². The van der Waals surface area contributed by atoms with Gasteiger partial charge in [0.2, 0.25) is 0 Å². The van der Waals surface area contributed by atoms with Crippen LogP contribution in [0.15, 0.2) is 30.3 Å². The number of benzene rings is 2. The molecule has 3 heteroatoms. The largest absolute Gasteiger partial charge is 0.496 e. The van der Waals surface area contributed by atoms with Gasteiger partial charge in [-0.15, -0.1) is 0 Å². The van der Waals surface area contributed by atoms with Crippen LogP contribution in [0, 0.1) is 20.8 Å². The first kappa shape index (κ1) is 17.1. The lowest BCUT2D eigenvalue weighted by molar-refractivity contribution is 0.102. The van der Waals surface area contributed by atoms with Crippen molar-refractivity contribution in [2.45, 2.75) is 40.5 Å². The molecule has 1 N–H and O–H groups in total. The number of aryl methyl sites for hydroxylation is 2. The minimum atomic E-state index is -0.0826. The minimum absolute atomic E-state index is 0.0826. The van der Waals surface area contributed by atoms with Gasteiger partial charge in [0, 0.05) is 11.3 Å². The van der Waals surface area contributed by atoms with Gasteiger partial charge in [0.15, 0.2) is 0 Å². The van der Waals surface area contributed by atoms with Gasteiger partial charge in [-0.3, -0.25) is 4.79 Å². The van der Waals surface area contributed by atoms with E-state index < -0.39 is 0 Å². The van der Waals surface area contributed by atoms with E-state index in [1.807, 2.05) is 51.1 Å². The molecule has 122 valence electrons. The lowest BCUT2D eigenvalue weighted by atomic mass is 9.96. The highest BCUT2D eigenvalue weighted by Crippen LogP contribution is 2.30. The number of amides is 1. The summed E-state index contributed by atoms with van der Waals surface area (Å²) in [6.45, 7) is 10.2. The zero-order chi connectivity index (χ0) is 17.1. The van der Waals surface area contributed by atoms with Crippen LogP contribution in [0.3, 0.4) is 0 Å². The number of nitrogens with one attached hydrogen (secondary N) is 1. The molecule has 0 aliphatic heterocycles. The van der Waals surface area contributed by atoms with E-state index >= 15 is 0 Å². The Labute approximate surface area is 138 Å². The van der Waals surface area contributed by atoms with Crippen LogP contribution < -0.4 is 10.1 Å². The molecule has 2 aromatic rings. The molecule has 1 amide bonds. The van der Waals surface area contributed by atoms with Crippen LogP contribution in [0.25, 0.3) is 0 Å². The summed E-state index contributed by atoms with van der Waals surface area (Å²) in [6.07, 6.45) is 0. The summed E-state index contributed by atoms with van der Waals surface area (Å²) in [7, 11) is 1.66. The van der Waals surface area contributed by atoms with Crippen molar-refractivity contribution < 1.29 is 9.53 Å². The molecule has 0 saturated heterocycles. The number of anilines is 1. The number of hydrogen-bond donors (Lipinski definition) is 1. The molecule has 0 aliphatic carbocycles. The number of carbonyl (C=O) groups is 1. The molecule has 0 saturated carbocycles. The van der Waals surface area contributed by atoms with Gasteiger partial charge < -0.3 is 10.1 Å². The van der Waals surface area contributed by atoms with Gasteiger partial charge in [-0.05, 0) is 67.1 Å². The molecule has 0 aliphatic rings. The normalized spacial score (nSPS) is 10.7. The maximum Gasteiger partial charge on any atom is 0.255 e. The third kappa shape index (κ3) is 3.55. The Kier molecular flexibility index (Phi) is 5.09. The molecule has 0 unspecified atom stereocenters. The van der Waals surface area contributed by atoms with Gasteiger partial charge in [0.1, 0.15) is 5.75 Å². The van der Waals surface area contributed by atoms with Crippen LogP contribution in [-0.4, -0.2) is 13.0 Å². The maximum absolute atomic E-state index is 12.7. The predicted octanol–water partition coefficient (Wildman–Crippen LogP) is 5.00. The second-order valence-corrected chi connectivity index (χ2v) is 6.27. The van der Waals surface area contributed by atoms with Crippen molar-refractivity contribution in [2.75, 3.05) is 12.4 Å². The van der Waals surface area contributed by atoms with Gasteiger partial charge >= 0.3 is 0 Å². The van der Waals surface area contributed by atoms with Crippen LogP contribution in [0.1, 0.15) is 52.4 Å². The molecule has 2 aromatic carbocycles. The van der Waals surface area contributed by atoms with E-state index in [9.17, 15) is 4.79 Å². The number of hydrogen-bond acceptors (Lipinski definition) is 2. The number of carbonyl (C=O) groups excluding carboxylic acids is 1. The molecule has 3 nitrogen and oxygen atoms in total. The van der Waals surface area contributed by atoms with Crippen molar-refractivity contribution in [3.05, 3.63) is 58.1 Å². The highest BCUT2D eigenvalue weighted by atomic mass is 16.5. The van der Waals surface area contributed by atoms with Gasteiger partial charge in [0.25, 0.3) is 5.91 Å². The standard InChI is InChI=1S/C20H25NO2/c1-12(2)16-11-17(14(4)10-19(16)23-6)20(22)21-18-9-7-8-13(3)15(18)5/h7-12H,1-6H3,(H,21,22). The Morgan fingerprint density at radius 2 is 1.78 bits per heavy atom. The van der Waals surface area contributed by atoms with Crippen molar-refractivity contribution in [3.8, 4) is 5.75 Å². The fourth-order valence-corrected chi connectivity index (χ4v) is 2.65. The molecule has 0 radical (unpaired) electrons.